The molecule has 61 heavy (non-hydrogen) atoms. The van der Waals surface area contributed by atoms with Crippen LogP contribution in [0.2, 0.25) is 0 Å². The predicted octanol–water partition coefficient (Wildman–Crippen LogP) is 9.79. The molecule has 0 N–H and O–H groups in total. The van der Waals surface area contributed by atoms with Crippen molar-refractivity contribution in [2.24, 2.45) is 0 Å². The lowest BCUT2D eigenvalue weighted by atomic mass is 9.59. The normalized spacial score (nSPS) is 11.9. The lowest BCUT2D eigenvalue weighted by Crippen LogP contribution is -2.55. The molecule has 12 aromatic rings. The van der Waals surface area contributed by atoms with Crippen LogP contribution < -0.4 is 27.3 Å². The zero-order valence-electron chi connectivity index (χ0n) is 33.1. The molecule has 0 bridgehead atoms. The van der Waals surface area contributed by atoms with E-state index in [4.69, 9.17) is 39.2 Å². The van der Waals surface area contributed by atoms with Crippen molar-refractivity contribution in [3.05, 3.63) is 176 Å². The standard InChI is InChI=1S/C56H29B5/c57-52-51(53(58)55(60)56(61)54(52)59)46-28-22-38-20-26-44-42(24-18-37-21-27-45(46)50(38)49(37)44)33-13-9-31(10-14-33)40-6-2-5-39(29-40)30-7-11-32(12-8-30)41-23-17-36-16-15-34-3-1-4-35-19-25-43(41)48(36)47(34)35/h1-29H. The largest absolute Gasteiger partial charge is 0.113 e. The van der Waals surface area contributed by atoms with Crippen LogP contribution in [0.25, 0.3) is 120 Å². The predicted molar refractivity (Wildman–Crippen MR) is 268 cm³/mol. The molecule has 0 atom stereocenters. The van der Waals surface area contributed by atoms with Crippen LogP contribution in [-0.2, 0) is 0 Å². The second-order valence-corrected chi connectivity index (χ2v) is 16.3. The highest BCUT2D eigenvalue weighted by molar-refractivity contribution is 6.69. The van der Waals surface area contributed by atoms with E-state index in [1.807, 2.05) is 6.07 Å². The fourth-order valence-corrected chi connectivity index (χ4v) is 9.96. The SMILES string of the molecule is [B]c1c([B])c([B])c(-c2ccc3ccc4c(-c5ccc(-c6cccc(-c7ccc(-c8ccc9ccc%10cccc%11ccc8c9c%10%11)cc7)c6)cc5)ccc5ccc2c3c54)c([B])c1[B]. The molecular weight excluding hydrogens is 727 g/mol. The molecule has 0 aliphatic rings. The van der Waals surface area contributed by atoms with Gasteiger partial charge in [0.15, 0.2) is 0 Å². The third-order valence-corrected chi connectivity index (χ3v) is 13.1. The zero-order valence-corrected chi connectivity index (χ0v) is 33.1. The Morgan fingerprint density at radius 1 is 0.230 bits per heavy atom. The molecule has 0 fully saturated rings. The first-order valence-corrected chi connectivity index (χ1v) is 20.5. The van der Waals surface area contributed by atoms with Crippen molar-refractivity contribution in [2.45, 2.75) is 0 Å². The first kappa shape index (κ1) is 35.9. The molecule has 0 heterocycles. The van der Waals surface area contributed by atoms with Crippen LogP contribution in [0.4, 0.5) is 0 Å². The molecule has 0 spiro atoms. The molecule has 12 rings (SSSR count). The van der Waals surface area contributed by atoms with E-state index in [9.17, 15) is 0 Å². The van der Waals surface area contributed by atoms with E-state index in [-0.39, 0.29) is 16.4 Å². The third-order valence-electron chi connectivity index (χ3n) is 13.1. The average molecular weight is 756 g/mol. The number of hydrogen-bond acceptors (Lipinski definition) is 0. The fraction of sp³-hybridized carbons (Fsp3) is 0. The minimum absolute atomic E-state index is 0.210. The first-order chi connectivity index (χ1) is 29.8. The lowest BCUT2D eigenvalue weighted by molar-refractivity contribution is 1.58. The molecule has 0 unspecified atom stereocenters. The molecular formula is C56H29B5. The van der Waals surface area contributed by atoms with Crippen LogP contribution in [-0.4, -0.2) is 39.2 Å². The Kier molecular flexibility index (Phi) is 7.97. The maximum atomic E-state index is 6.57. The summed E-state index contributed by atoms with van der Waals surface area (Å²) in [6.07, 6.45) is 0. The fourth-order valence-electron chi connectivity index (χ4n) is 9.96. The Bertz CT molecular complexity index is 3690. The molecule has 0 amide bonds. The molecule has 5 heteroatoms. The second kappa shape index (κ2) is 13.5. The third kappa shape index (κ3) is 5.40. The maximum Gasteiger partial charge on any atom is 0.113 e. The summed E-state index contributed by atoms with van der Waals surface area (Å²) in [7, 11) is 31.9. The molecule has 268 valence electrons. The molecule has 0 saturated heterocycles. The Hall–Kier alpha value is -6.96. The van der Waals surface area contributed by atoms with Gasteiger partial charge < -0.3 is 0 Å². The van der Waals surface area contributed by atoms with E-state index < -0.39 is 0 Å². The van der Waals surface area contributed by atoms with Gasteiger partial charge in [-0.2, -0.15) is 0 Å². The monoisotopic (exact) mass is 756 g/mol. The van der Waals surface area contributed by atoms with Crippen molar-refractivity contribution in [2.75, 3.05) is 0 Å². The molecule has 0 aromatic heterocycles. The minimum Gasteiger partial charge on any atom is -0.112 e. The highest BCUT2D eigenvalue weighted by atomic mass is 14.2. The van der Waals surface area contributed by atoms with Gasteiger partial charge in [0.05, 0.1) is 0 Å². The van der Waals surface area contributed by atoms with Gasteiger partial charge in [0, 0.05) is 0 Å². The smallest absolute Gasteiger partial charge is 0.112 e. The zero-order chi connectivity index (χ0) is 41.1. The summed E-state index contributed by atoms with van der Waals surface area (Å²) >= 11 is 0. The van der Waals surface area contributed by atoms with Crippen molar-refractivity contribution in [1.82, 2.24) is 0 Å². The molecule has 10 radical (unpaired) electrons. The van der Waals surface area contributed by atoms with E-state index in [2.05, 4.69) is 170 Å². The van der Waals surface area contributed by atoms with Gasteiger partial charge in [-0.25, -0.2) is 0 Å². The van der Waals surface area contributed by atoms with E-state index in [0.717, 1.165) is 43.8 Å². The number of hydrogen-bond donors (Lipinski definition) is 0. The quantitative estimate of drug-likeness (QED) is 0.121. The van der Waals surface area contributed by atoms with Crippen molar-refractivity contribution in [3.63, 3.8) is 0 Å². The number of rotatable bonds is 5. The lowest BCUT2D eigenvalue weighted by Gasteiger charge is -2.23. The Morgan fingerprint density at radius 3 is 1.03 bits per heavy atom. The summed E-state index contributed by atoms with van der Waals surface area (Å²) in [5.41, 5.74) is 12.3. The molecule has 0 aliphatic carbocycles. The molecule has 0 saturated carbocycles. The van der Waals surface area contributed by atoms with Crippen LogP contribution in [0.1, 0.15) is 0 Å². The summed E-state index contributed by atoms with van der Waals surface area (Å²) in [4.78, 5) is 0. The minimum atomic E-state index is 0.210. The van der Waals surface area contributed by atoms with Gasteiger partial charge >= 0.3 is 0 Å². The Labute approximate surface area is 361 Å². The van der Waals surface area contributed by atoms with Crippen LogP contribution in [0.3, 0.4) is 0 Å². The van der Waals surface area contributed by atoms with Gasteiger partial charge in [-0.3, -0.25) is 0 Å². The summed E-state index contributed by atoms with van der Waals surface area (Å²) in [5, 5.41) is 14.6. The van der Waals surface area contributed by atoms with Crippen LogP contribution in [0.5, 0.6) is 0 Å². The van der Waals surface area contributed by atoms with Crippen LogP contribution in [0, 0.1) is 0 Å². The van der Waals surface area contributed by atoms with Gasteiger partial charge in [-0.1, -0.05) is 181 Å². The average Bonchev–Trinajstić information content (AvgIpc) is 3.31. The van der Waals surface area contributed by atoms with Crippen LogP contribution in [0.15, 0.2) is 176 Å². The van der Waals surface area contributed by atoms with Crippen molar-refractivity contribution >= 4 is 131 Å². The summed E-state index contributed by atoms with van der Waals surface area (Å²) in [6, 6.07) is 64.1. The van der Waals surface area contributed by atoms with Gasteiger partial charge in [-0.05, 0) is 126 Å². The molecule has 12 aromatic carbocycles. The Balaban J connectivity index is 0.881. The Morgan fingerprint density at radius 2 is 0.557 bits per heavy atom. The summed E-state index contributed by atoms with van der Waals surface area (Å²) in [6.45, 7) is 0. The van der Waals surface area contributed by atoms with Crippen LogP contribution >= 0.6 is 0 Å². The van der Waals surface area contributed by atoms with Crippen molar-refractivity contribution in [3.8, 4) is 55.6 Å². The highest BCUT2D eigenvalue weighted by Gasteiger charge is 2.19. The van der Waals surface area contributed by atoms with E-state index in [0.29, 0.717) is 16.5 Å². The first-order valence-electron chi connectivity index (χ1n) is 20.5. The molecule has 0 aliphatic heterocycles. The topological polar surface area (TPSA) is 0 Å². The van der Waals surface area contributed by atoms with Gasteiger partial charge in [0.25, 0.3) is 0 Å². The van der Waals surface area contributed by atoms with Gasteiger partial charge in [-0.15, -0.1) is 16.4 Å². The van der Waals surface area contributed by atoms with Crippen molar-refractivity contribution in [1.29, 1.82) is 0 Å². The van der Waals surface area contributed by atoms with E-state index in [1.54, 1.807) is 0 Å². The number of benzene rings is 12. The van der Waals surface area contributed by atoms with Gasteiger partial charge in [0.1, 0.15) is 39.2 Å². The van der Waals surface area contributed by atoms with Crippen molar-refractivity contribution < 1.29 is 0 Å². The highest BCUT2D eigenvalue weighted by Crippen LogP contribution is 2.43. The van der Waals surface area contributed by atoms with Gasteiger partial charge in [0.2, 0.25) is 0 Å². The maximum absolute atomic E-state index is 6.57. The molecule has 0 nitrogen and oxygen atoms in total. The van der Waals surface area contributed by atoms with E-state index >= 15 is 0 Å². The second-order valence-electron chi connectivity index (χ2n) is 16.3. The summed E-state index contributed by atoms with van der Waals surface area (Å²) in [5.74, 6) is 0. The summed E-state index contributed by atoms with van der Waals surface area (Å²) < 4.78 is 0. The van der Waals surface area contributed by atoms with E-state index in [1.165, 1.54) is 70.9 Å².